The molecule has 0 bridgehead atoms. The molecular formula is C21H23NO3S2. The monoisotopic (exact) mass is 401 g/mol. The van der Waals surface area contributed by atoms with Gasteiger partial charge < -0.3 is 5.11 Å². The van der Waals surface area contributed by atoms with Crippen LogP contribution in [-0.4, -0.2) is 37.5 Å². The van der Waals surface area contributed by atoms with E-state index in [1.165, 1.54) is 11.3 Å². The predicted molar refractivity (Wildman–Crippen MR) is 109 cm³/mol. The first-order chi connectivity index (χ1) is 13.0. The van der Waals surface area contributed by atoms with Crippen LogP contribution in [-0.2, 0) is 16.4 Å². The number of rotatable bonds is 5. The average molecular weight is 402 g/mol. The molecule has 0 spiro atoms. The predicted octanol–water partition coefficient (Wildman–Crippen LogP) is 3.91. The SMILES string of the molecule is O=S(=O)(c1cc2ccccc2s1)N1CCC[C@](CO)(Cc2ccccc2)C1. The van der Waals surface area contributed by atoms with Gasteiger partial charge in [-0.3, -0.25) is 0 Å². The van der Waals surface area contributed by atoms with E-state index in [2.05, 4.69) is 0 Å². The van der Waals surface area contributed by atoms with Crippen molar-refractivity contribution in [2.45, 2.75) is 23.5 Å². The van der Waals surface area contributed by atoms with Gasteiger partial charge in [0.2, 0.25) is 0 Å². The quantitative estimate of drug-likeness (QED) is 0.705. The number of piperidine rings is 1. The molecule has 1 aliphatic heterocycles. The standard InChI is InChI=1S/C21H23NO3S2/c23-16-21(14-17-7-2-1-3-8-17)11-6-12-22(15-21)27(24,25)20-13-18-9-4-5-10-19(18)26-20/h1-5,7-10,13,23H,6,11-12,14-16H2/t21-/m0/s1. The Labute approximate surface area is 164 Å². The van der Waals surface area contributed by atoms with Gasteiger partial charge in [0.1, 0.15) is 4.21 Å². The maximum Gasteiger partial charge on any atom is 0.252 e. The van der Waals surface area contributed by atoms with Crippen LogP contribution >= 0.6 is 11.3 Å². The summed E-state index contributed by atoms with van der Waals surface area (Å²) in [7, 11) is -3.56. The summed E-state index contributed by atoms with van der Waals surface area (Å²) in [5.74, 6) is 0. The van der Waals surface area contributed by atoms with E-state index >= 15 is 0 Å². The third-order valence-corrected chi connectivity index (χ3v) is 8.79. The zero-order valence-electron chi connectivity index (χ0n) is 15.0. The lowest BCUT2D eigenvalue weighted by molar-refractivity contribution is 0.0646. The molecule has 2 aromatic carbocycles. The van der Waals surface area contributed by atoms with Crippen LogP contribution in [0, 0.1) is 5.41 Å². The van der Waals surface area contributed by atoms with Crippen LogP contribution < -0.4 is 0 Å². The van der Waals surface area contributed by atoms with E-state index in [4.69, 9.17) is 0 Å². The van der Waals surface area contributed by atoms with Crippen molar-refractivity contribution in [1.29, 1.82) is 0 Å². The maximum absolute atomic E-state index is 13.3. The molecule has 142 valence electrons. The first-order valence-corrected chi connectivity index (χ1v) is 11.4. The number of hydrogen-bond acceptors (Lipinski definition) is 4. The van der Waals surface area contributed by atoms with Crippen LogP contribution in [0.1, 0.15) is 18.4 Å². The molecule has 0 aliphatic carbocycles. The van der Waals surface area contributed by atoms with Gasteiger partial charge in [-0.1, -0.05) is 48.5 Å². The molecule has 1 saturated heterocycles. The van der Waals surface area contributed by atoms with Crippen LogP contribution in [0.4, 0.5) is 0 Å². The molecule has 1 aliphatic rings. The van der Waals surface area contributed by atoms with E-state index in [1.807, 2.05) is 54.6 Å². The number of benzene rings is 2. The van der Waals surface area contributed by atoms with E-state index in [-0.39, 0.29) is 6.61 Å². The van der Waals surface area contributed by atoms with E-state index in [1.54, 1.807) is 10.4 Å². The number of aliphatic hydroxyl groups is 1. The van der Waals surface area contributed by atoms with Gasteiger partial charge in [0.05, 0.1) is 6.61 Å². The Kier molecular flexibility index (Phi) is 5.07. The van der Waals surface area contributed by atoms with E-state index < -0.39 is 15.4 Å². The molecule has 0 saturated carbocycles. The van der Waals surface area contributed by atoms with Crippen molar-refractivity contribution >= 4 is 31.4 Å². The summed E-state index contributed by atoms with van der Waals surface area (Å²) in [5, 5.41) is 11.1. The Balaban J connectivity index is 1.62. The van der Waals surface area contributed by atoms with Crippen LogP contribution in [0.3, 0.4) is 0 Å². The number of sulfonamides is 1. The molecular weight excluding hydrogens is 378 g/mol. The average Bonchev–Trinajstić information content (AvgIpc) is 3.14. The van der Waals surface area contributed by atoms with Gasteiger partial charge in [0.15, 0.2) is 0 Å². The zero-order valence-corrected chi connectivity index (χ0v) is 16.7. The molecule has 0 radical (unpaired) electrons. The van der Waals surface area contributed by atoms with Crippen molar-refractivity contribution in [1.82, 2.24) is 4.31 Å². The van der Waals surface area contributed by atoms with Crippen molar-refractivity contribution in [3.8, 4) is 0 Å². The van der Waals surface area contributed by atoms with E-state index in [0.29, 0.717) is 23.7 Å². The highest BCUT2D eigenvalue weighted by atomic mass is 32.2. The summed E-state index contributed by atoms with van der Waals surface area (Å²) in [6, 6.07) is 19.5. The van der Waals surface area contributed by atoms with Gasteiger partial charge in [0.25, 0.3) is 10.0 Å². The normalized spacial score (nSPS) is 21.5. The molecule has 0 unspecified atom stereocenters. The van der Waals surface area contributed by atoms with Gasteiger partial charge >= 0.3 is 0 Å². The first kappa shape index (κ1) is 18.6. The van der Waals surface area contributed by atoms with Gasteiger partial charge in [-0.05, 0) is 42.3 Å². The Morgan fingerprint density at radius 3 is 2.56 bits per heavy atom. The van der Waals surface area contributed by atoms with Crippen LogP contribution in [0.25, 0.3) is 10.1 Å². The maximum atomic E-state index is 13.3. The lowest BCUT2D eigenvalue weighted by atomic mass is 9.76. The van der Waals surface area contributed by atoms with Crippen LogP contribution in [0.15, 0.2) is 64.9 Å². The minimum atomic E-state index is -3.56. The Morgan fingerprint density at radius 1 is 1.07 bits per heavy atom. The van der Waals surface area contributed by atoms with Crippen molar-refractivity contribution in [3.05, 3.63) is 66.2 Å². The molecule has 1 aromatic heterocycles. The Bertz CT molecular complexity index is 997. The lowest BCUT2D eigenvalue weighted by Crippen LogP contribution is -2.48. The molecule has 27 heavy (non-hydrogen) atoms. The zero-order chi connectivity index (χ0) is 18.9. The molecule has 1 N–H and O–H groups in total. The fourth-order valence-electron chi connectivity index (χ4n) is 3.94. The molecule has 1 atom stereocenters. The van der Waals surface area contributed by atoms with Gasteiger partial charge in [-0.25, -0.2) is 8.42 Å². The highest BCUT2D eigenvalue weighted by Crippen LogP contribution is 2.38. The fourth-order valence-corrected chi connectivity index (χ4v) is 7.08. The molecule has 1 fully saturated rings. The smallest absolute Gasteiger partial charge is 0.252 e. The van der Waals surface area contributed by atoms with E-state index in [9.17, 15) is 13.5 Å². The third kappa shape index (κ3) is 3.67. The molecule has 0 amide bonds. The molecule has 4 nitrogen and oxygen atoms in total. The molecule has 6 heteroatoms. The third-order valence-electron chi connectivity index (χ3n) is 5.38. The summed E-state index contributed by atoms with van der Waals surface area (Å²) in [6.45, 7) is 0.850. The largest absolute Gasteiger partial charge is 0.396 e. The van der Waals surface area contributed by atoms with Gasteiger partial charge in [0, 0.05) is 23.2 Å². The van der Waals surface area contributed by atoms with Crippen molar-refractivity contribution < 1.29 is 13.5 Å². The molecule has 2 heterocycles. The summed E-state index contributed by atoms with van der Waals surface area (Å²) in [5.41, 5.74) is 0.705. The number of hydrogen-bond donors (Lipinski definition) is 1. The summed E-state index contributed by atoms with van der Waals surface area (Å²) in [4.78, 5) is 0. The van der Waals surface area contributed by atoms with Crippen LogP contribution in [0.2, 0.25) is 0 Å². The highest BCUT2D eigenvalue weighted by molar-refractivity contribution is 7.91. The van der Waals surface area contributed by atoms with Gasteiger partial charge in [-0.2, -0.15) is 4.31 Å². The minimum Gasteiger partial charge on any atom is -0.396 e. The first-order valence-electron chi connectivity index (χ1n) is 9.16. The van der Waals surface area contributed by atoms with Crippen molar-refractivity contribution in [2.75, 3.05) is 19.7 Å². The van der Waals surface area contributed by atoms with E-state index in [0.717, 1.165) is 28.5 Å². The van der Waals surface area contributed by atoms with Crippen molar-refractivity contribution in [2.24, 2.45) is 5.41 Å². The minimum absolute atomic E-state index is 0.0136. The number of thiophene rings is 1. The fraction of sp³-hybridized carbons (Fsp3) is 0.333. The highest BCUT2D eigenvalue weighted by Gasteiger charge is 2.40. The Hall–Kier alpha value is -1.73. The summed E-state index contributed by atoms with van der Waals surface area (Å²) in [6.07, 6.45) is 2.27. The molecule has 3 aromatic rings. The Morgan fingerprint density at radius 2 is 1.81 bits per heavy atom. The lowest BCUT2D eigenvalue weighted by Gasteiger charge is -2.41. The number of nitrogens with zero attached hydrogens (tertiary/aromatic N) is 1. The summed E-state index contributed by atoms with van der Waals surface area (Å²) >= 11 is 1.32. The number of aliphatic hydroxyl groups excluding tert-OH is 1. The van der Waals surface area contributed by atoms with Crippen LogP contribution in [0.5, 0.6) is 0 Å². The topological polar surface area (TPSA) is 57.6 Å². The van der Waals surface area contributed by atoms with Crippen molar-refractivity contribution in [3.63, 3.8) is 0 Å². The second-order valence-corrected chi connectivity index (χ2v) is 10.6. The summed E-state index contributed by atoms with van der Waals surface area (Å²) < 4.78 is 29.5. The van der Waals surface area contributed by atoms with Gasteiger partial charge in [-0.15, -0.1) is 11.3 Å². The second kappa shape index (κ2) is 7.36. The second-order valence-electron chi connectivity index (χ2n) is 7.37. The molecule has 4 rings (SSSR count). The number of fused-ring (bicyclic) bond motifs is 1.